The number of amides is 4. The molecule has 360 valence electrons. The van der Waals surface area contributed by atoms with Gasteiger partial charge in [0.2, 0.25) is 11.8 Å². The van der Waals surface area contributed by atoms with Crippen molar-refractivity contribution in [2.24, 2.45) is 16.2 Å². The molecule has 4 atom stereocenters. The van der Waals surface area contributed by atoms with E-state index in [0.717, 1.165) is 85.0 Å². The highest BCUT2D eigenvalue weighted by molar-refractivity contribution is 7.90. The zero-order valence-corrected chi connectivity index (χ0v) is 40.4. The molecule has 2 aromatic heterocycles. The molecule has 3 aliphatic heterocycles. The van der Waals surface area contributed by atoms with Crippen LogP contribution in [0.2, 0.25) is 0 Å². The van der Waals surface area contributed by atoms with Gasteiger partial charge in [-0.1, -0.05) is 70.9 Å². The molecular weight excluding hydrogens is 887 g/mol. The molecule has 9 rings (SSSR count). The number of nitrogens with zero attached hydrogens (tertiary/aromatic N) is 5. The van der Waals surface area contributed by atoms with Crippen LogP contribution in [0.4, 0.5) is 15.3 Å². The number of fused-ring (bicyclic) bond motifs is 3. The minimum absolute atomic E-state index is 0.0112. The van der Waals surface area contributed by atoms with Crippen LogP contribution >= 0.6 is 0 Å². The first-order chi connectivity index (χ1) is 32.6. The van der Waals surface area contributed by atoms with Crippen LogP contribution in [-0.2, 0) is 40.9 Å². The van der Waals surface area contributed by atoms with Crippen LogP contribution in [0, 0.1) is 11.8 Å². The summed E-state index contributed by atoms with van der Waals surface area (Å²) in [6.45, 7) is 8.42. The van der Waals surface area contributed by atoms with Crippen LogP contribution in [-0.4, -0.2) is 108 Å². The molecule has 2 saturated heterocycles. The second-order valence-electron chi connectivity index (χ2n) is 19.5. The molecule has 2 aliphatic carbocycles. The molecular formula is C50H61N9O8S. The van der Waals surface area contributed by atoms with Crippen molar-refractivity contribution in [3.8, 4) is 33.6 Å². The Morgan fingerprint density at radius 3 is 1.96 bits per heavy atom. The number of carbonyl (C=O) groups excluding carboxylic acids is 4. The lowest BCUT2D eigenvalue weighted by Crippen LogP contribution is -2.54. The number of nitrogens with one attached hydrogen (secondary N) is 4. The number of pyridine rings is 1. The summed E-state index contributed by atoms with van der Waals surface area (Å²) < 4.78 is 42.0. The van der Waals surface area contributed by atoms with E-state index in [1.807, 2.05) is 40.0 Å². The summed E-state index contributed by atoms with van der Waals surface area (Å²) in [4.78, 5) is 68.6. The van der Waals surface area contributed by atoms with Crippen molar-refractivity contribution in [1.29, 1.82) is 0 Å². The second kappa shape index (κ2) is 18.7. The maximum absolute atomic E-state index is 14.1. The Morgan fingerprint density at radius 2 is 1.34 bits per heavy atom. The second-order valence-corrected chi connectivity index (χ2v) is 21.1. The molecule has 0 radical (unpaired) electrons. The van der Waals surface area contributed by atoms with Gasteiger partial charge in [0, 0.05) is 30.4 Å². The molecule has 2 aromatic carbocycles. The number of hydrogen-bond donors (Lipinski definition) is 4. The lowest BCUT2D eigenvalue weighted by molar-refractivity contribution is -0.135. The standard InChI is InChI=1S/C50H61N9O8S/c1-28(2)41(55-48(62)66-5)46(60)58-23-9-11-37(58)44-52-27-36(54-44)30-13-15-31(16-14-30)43-40-33(19-22-50(40)20-7-8-21-50)34(26-51-43)32-17-18-35-39(25-32)68(64,65)57-45(53-35)38-12-10-24-59(38)47(61)42(29(3)4)56-49(63)67-6/h13-18,25-29,37-38,41-42H,7-12,19-24H2,1-6H3,(H,52,54)(H,53,57)(H,55,62)(H,56,63)/t37-,38-,41+,42-/m0/s1. The minimum Gasteiger partial charge on any atom is -0.453 e. The first kappa shape index (κ1) is 46.8. The van der Waals surface area contributed by atoms with Crippen molar-refractivity contribution in [2.75, 3.05) is 32.6 Å². The lowest BCUT2D eigenvalue weighted by Gasteiger charge is -2.32. The first-order valence-corrected chi connectivity index (χ1v) is 25.3. The summed E-state index contributed by atoms with van der Waals surface area (Å²) in [5.74, 6) is 0.0404. The summed E-state index contributed by atoms with van der Waals surface area (Å²) in [7, 11) is -1.64. The number of aromatic amines is 1. The third-order valence-electron chi connectivity index (χ3n) is 14.7. The number of rotatable bonds is 11. The highest BCUT2D eigenvalue weighted by atomic mass is 32.2. The van der Waals surface area contributed by atoms with Gasteiger partial charge >= 0.3 is 12.2 Å². The lowest BCUT2D eigenvalue weighted by atomic mass is 9.78. The zero-order chi connectivity index (χ0) is 48.1. The van der Waals surface area contributed by atoms with Gasteiger partial charge in [-0.25, -0.2) is 14.6 Å². The van der Waals surface area contributed by atoms with Crippen molar-refractivity contribution in [1.82, 2.24) is 35.4 Å². The molecule has 5 aliphatic rings. The predicted molar refractivity (Wildman–Crippen MR) is 256 cm³/mol. The molecule has 4 N–H and O–H groups in total. The van der Waals surface area contributed by atoms with Gasteiger partial charge in [-0.15, -0.1) is 4.40 Å². The first-order valence-electron chi connectivity index (χ1n) is 23.9. The Balaban J connectivity index is 0.972. The Bertz CT molecular complexity index is 2760. The predicted octanol–water partition coefficient (Wildman–Crippen LogP) is 7.49. The third kappa shape index (κ3) is 8.60. The van der Waals surface area contributed by atoms with Gasteiger partial charge in [-0.3, -0.25) is 14.6 Å². The van der Waals surface area contributed by atoms with Gasteiger partial charge in [-0.2, -0.15) is 8.42 Å². The molecule has 1 saturated carbocycles. The molecule has 1 spiro atoms. The number of anilines is 1. The van der Waals surface area contributed by atoms with Gasteiger partial charge in [-0.05, 0) is 103 Å². The van der Waals surface area contributed by atoms with Gasteiger partial charge in [0.15, 0.2) is 0 Å². The molecule has 3 fully saturated rings. The van der Waals surface area contributed by atoms with E-state index in [-0.39, 0.29) is 45.8 Å². The average Bonchev–Trinajstić information content (AvgIpc) is 4.20. The molecule has 4 amide bonds. The van der Waals surface area contributed by atoms with Gasteiger partial charge in [0.05, 0.1) is 49.6 Å². The SMILES string of the molecule is COC(=O)N[C@H](C(=O)N1CCC[C@H]1C1=NS(=O)(=O)c2cc(-c3cnc(-c4ccc(-c5cnc([C@@H]6CCCN6C(=O)[C@H](NC(=O)OC)C(C)C)[nH]5)cc4)c4c3CCC43CCCC3)ccc2N1)C(C)C. The fourth-order valence-electron chi connectivity index (χ4n) is 11.2. The van der Waals surface area contributed by atoms with Crippen molar-refractivity contribution >= 4 is 45.5 Å². The highest BCUT2D eigenvalue weighted by Crippen LogP contribution is 2.55. The van der Waals surface area contributed by atoms with Crippen molar-refractivity contribution in [3.05, 3.63) is 71.8 Å². The smallest absolute Gasteiger partial charge is 0.407 e. The number of sulfonamides is 1. The number of methoxy groups -OCH3 is 2. The molecule has 4 aromatic rings. The number of hydrogen-bond acceptors (Lipinski definition) is 11. The van der Waals surface area contributed by atoms with E-state index in [1.54, 1.807) is 28.1 Å². The maximum atomic E-state index is 14.1. The molecule has 68 heavy (non-hydrogen) atoms. The summed E-state index contributed by atoms with van der Waals surface area (Å²) in [5.41, 5.74) is 8.20. The number of amidine groups is 1. The van der Waals surface area contributed by atoms with Gasteiger partial charge in [0.1, 0.15) is 28.6 Å². The van der Waals surface area contributed by atoms with Crippen molar-refractivity contribution < 1.29 is 37.1 Å². The summed E-state index contributed by atoms with van der Waals surface area (Å²) >= 11 is 0. The number of imidazole rings is 1. The van der Waals surface area contributed by atoms with E-state index in [9.17, 15) is 27.6 Å². The number of H-pyrrole nitrogens is 1. The number of benzene rings is 2. The normalized spacial score (nSPS) is 21.0. The van der Waals surface area contributed by atoms with Crippen LogP contribution in [0.5, 0.6) is 0 Å². The number of carbonyl (C=O) groups is 4. The number of alkyl carbamates (subject to hydrolysis) is 2. The van der Waals surface area contributed by atoms with Crippen LogP contribution in [0.3, 0.4) is 0 Å². The molecule has 18 heteroatoms. The third-order valence-corrected chi connectivity index (χ3v) is 16.1. The monoisotopic (exact) mass is 947 g/mol. The fourth-order valence-corrected chi connectivity index (χ4v) is 12.4. The molecule has 0 bridgehead atoms. The summed E-state index contributed by atoms with van der Waals surface area (Å²) in [6, 6.07) is 11.3. The largest absolute Gasteiger partial charge is 0.453 e. The van der Waals surface area contributed by atoms with Crippen molar-refractivity contribution in [3.63, 3.8) is 0 Å². The van der Waals surface area contributed by atoms with E-state index >= 15 is 0 Å². The van der Waals surface area contributed by atoms with Crippen LogP contribution < -0.4 is 16.0 Å². The van der Waals surface area contributed by atoms with Crippen molar-refractivity contribution in [2.45, 2.75) is 126 Å². The van der Waals surface area contributed by atoms with E-state index in [1.165, 1.54) is 25.3 Å². The molecule has 0 unspecified atom stereocenters. The Labute approximate surface area is 397 Å². The quantitative estimate of drug-likeness (QED) is 0.115. The molecule has 5 heterocycles. The highest BCUT2D eigenvalue weighted by Gasteiger charge is 2.45. The molecule has 17 nitrogen and oxygen atoms in total. The maximum Gasteiger partial charge on any atom is 0.407 e. The van der Waals surface area contributed by atoms with E-state index in [0.29, 0.717) is 37.4 Å². The fraction of sp³-hybridized carbons (Fsp3) is 0.500. The van der Waals surface area contributed by atoms with E-state index in [2.05, 4.69) is 49.6 Å². The van der Waals surface area contributed by atoms with Crippen LogP contribution in [0.25, 0.3) is 33.6 Å². The van der Waals surface area contributed by atoms with E-state index < -0.39 is 40.3 Å². The Kier molecular flexibility index (Phi) is 12.8. The topological polar surface area (TPSA) is 217 Å². The van der Waals surface area contributed by atoms with Gasteiger partial charge < -0.3 is 40.2 Å². The Morgan fingerprint density at radius 1 is 0.750 bits per heavy atom. The van der Waals surface area contributed by atoms with Crippen LogP contribution in [0.15, 0.2) is 64.2 Å². The minimum atomic E-state index is -4.17. The zero-order valence-electron chi connectivity index (χ0n) is 39.6. The van der Waals surface area contributed by atoms with Gasteiger partial charge in [0.25, 0.3) is 10.0 Å². The summed E-state index contributed by atoms with van der Waals surface area (Å²) in [5, 5.41) is 8.61. The summed E-state index contributed by atoms with van der Waals surface area (Å²) in [6.07, 6.45) is 11.4. The van der Waals surface area contributed by atoms with Crippen LogP contribution in [0.1, 0.15) is 108 Å². The van der Waals surface area contributed by atoms with E-state index in [4.69, 9.17) is 19.4 Å². The number of likely N-dealkylation sites (tertiary alicyclic amines) is 2. The Hall–Kier alpha value is -6.30. The average molecular weight is 948 g/mol. The number of aromatic nitrogens is 3. The number of ether oxygens (including phenoxy) is 2.